The number of carbonyl (C=O) groups excluding carboxylic acids is 2. The van der Waals surface area contributed by atoms with Gasteiger partial charge in [0.15, 0.2) is 11.5 Å². The van der Waals surface area contributed by atoms with Crippen LogP contribution in [0.3, 0.4) is 0 Å². The van der Waals surface area contributed by atoms with E-state index in [-0.39, 0.29) is 23.2 Å². The number of hydrogen-bond acceptors (Lipinski definition) is 7. The summed E-state index contributed by atoms with van der Waals surface area (Å²) in [6.45, 7) is 6.25. The molecular weight excluding hydrogens is 558 g/mol. The van der Waals surface area contributed by atoms with Gasteiger partial charge >= 0.3 is 0 Å². The highest BCUT2D eigenvalue weighted by molar-refractivity contribution is 5.86. The van der Waals surface area contributed by atoms with Crippen LogP contribution < -0.4 is 35.6 Å². The number of amides is 2. The zero-order chi connectivity index (χ0) is 31.5. The summed E-state index contributed by atoms with van der Waals surface area (Å²) >= 11 is 0. The van der Waals surface area contributed by atoms with E-state index in [1.54, 1.807) is 33.5 Å². The van der Waals surface area contributed by atoms with Gasteiger partial charge in [0.1, 0.15) is 6.04 Å². The zero-order valence-corrected chi connectivity index (χ0v) is 26.6. The van der Waals surface area contributed by atoms with Gasteiger partial charge in [-0.2, -0.15) is 0 Å². The van der Waals surface area contributed by atoms with Gasteiger partial charge in [-0.25, -0.2) is 0 Å². The van der Waals surface area contributed by atoms with E-state index in [1.807, 2.05) is 12.1 Å². The maximum Gasteiger partial charge on any atom is 0.242 e. The lowest BCUT2D eigenvalue weighted by molar-refractivity contribution is -0.122. The Balaban J connectivity index is 1.53. The molecule has 5 rings (SSSR count). The van der Waals surface area contributed by atoms with Gasteiger partial charge in [-0.05, 0) is 90.7 Å². The van der Waals surface area contributed by atoms with Crippen LogP contribution in [0.4, 0.5) is 5.69 Å². The highest BCUT2D eigenvalue weighted by Gasteiger charge is 2.36. The van der Waals surface area contributed by atoms with Gasteiger partial charge in [0.2, 0.25) is 23.0 Å². The minimum Gasteiger partial charge on any atom is -0.493 e. The molecule has 9 heteroatoms. The minimum atomic E-state index is -0.573. The summed E-state index contributed by atoms with van der Waals surface area (Å²) in [6.07, 6.45) is 8.65. The van der Waals surface area contributed by atoms with Crippen molar-refractivity contribution in [3.63, 3.8) is 0 Å². The van der Waals surface area contributed by atoms with Crippen LogP contribution in [-0.4, -0.2) is 45.7 Å². The molecule has 1 fully saturated rings. The molecule has 1 saturated carbocycles. The second kappa shape index (κ2) is 13.3. The molecule has 2 amide bonds. The number of benzene rings is 1. The molecule has 0 saturated heterocycles. The first-order valence-corrected chi connectivity index (χ1v) is 15.6. The summed E-state index contributed by atoms with van der Waals surface area (Å²) in [5.41, 5.74) is 3.22. The van der Waals surface area contributed by atoms with E-state index in [0.717, 1.165) is 23.1 Å². The molecular formula is C35H45N3O6. The normalized spacial score (nSPS) is 22.0. The number of allylic oxidation sites excluding steroid dienone is 2. The average Bonchev–Trinajstić information content (AvgIpc) is 3.55. The highest BCUT2D eigenvalue weighted by atomic mass is 16.5. The van der Waals surface area contributed by atoms with Gasteiger partial charge in [0, 0.05) is 19.0 Å². The van der Waals surface area contributed by atoms with Gasteiger partial charge in [0.25, 0.3) is 0 Å². The number of carbonyl (C=O) groups is 2. The molecule has 3 unspecified atom stereocenters. The van der Waals surface area contributed by atoms with Crippen molar-refractivity contribution >= 4 is 17.5 Å². The van der Waals surface area contributed by atoms with Crippen LogP contribution >= 0.6 is 0 Å². The summed E-state index contributed by atoms with van der Waals surface area (Å²) in [4.78, 5) is 39.6. The smallest absolute Gasteiger partial charge is 0.242 e. The molecule has 2 aromatic carbocycles. The number of nitrogens with one attached hydrogen (secondary N) is 3. The Morgan fingerprint density at radius 3 is 2.39 bits per heavy atom. The molecule has 0 aliphatic heterocycles. The standard InChI is InChI=1S/C35H45N3O6/c1-19(2)13-29(35(41)36-18-24-15-21-7-8-22(24)14-21)38-28-12-10-25-26(17-30(28)40)27(37-20(3)39)11-9-23-16-31(42-4)33(43-5)34(44-6)32(23)25/h7-8,10,12,16-17,19,21-22,24,27,29H,9,11,13-15,18H2,1-6H3,(H,36,41)(H,37,39)(H,38,40)/t21?,22?,24?,27-,29-/m0/s1. The average molecular weight is 604 g/mol. The topological polar surface area (TPSA) is 115 Å². The lowest BCUT2D eigenvalue weighted by Gasteiger charge is -2.23. The van der Waals surface area contributed by atoms with Gasteiger partial charge in [-0.15, -0.1) is 0 Å². The van der Waals surface area contributed by atoms with Crippen LogP contribution in [0.5, 0.6) is 17.2 Å². The van der Waals surface area contributed by atoms with Crippen molar-refractivity contribution in [1.29, 1.82) is 0 Å². The predicted octanol–water partition coefficient (Wildman–Crippen LogP) is 5.02. The Morgan fingerprint density at radius 2 is 1.77 bits per heavy atom. The Morgan fingerprint density at radius 1 is 1.00 bits per heavy atom. The lowest BCUT2D eigenvalue weighted by atomic mass is 9.93. The second-order valence-electron chi connectivity index (χ2n) is 12.7. The van der Waals surface area contributed by atoms with E-state index in [4.69, 9.17) is 14.2 Å². The molecule has 3 aliphatic rings. The van der Waals surface area contributed by atoms with Crippen molar-refractivity contribution in [1.82, 2.24) is 10.6 Å². The number of methoxy groups -OCH3 is 3. The monoisotopic (exact) mass is 603 g/mol. The molecule has 3 N–H and O–H groups in total. The fourth-order valence-electron chi connectivity index (χ4n) is 7.20. The lowest BCUT2D eigenvalue weighted by Crippen LogP contribution is -2.43. The van der Waals surface area contributed by atoms with Crippen molar-refractivity contribution in [3.05, 3.63) is 57.8 Å². The van der Waals surface area contributed by atoms with Crippen molar-refractivity contribution in [2.45, 2.75) is 65.0 Å². The molecule has 5 atom stereocenters. The van der Waals surface area contributed by atoms with Gasteiger partial charge < -0.3 is 30.2 Å². The predicted molar refractivity (Wildman–Crippen MR) is 171 cm³/mol. The summed E-state index contributed by atoms with van der Waals surface area (Å²) in [5, 5.41) is 9.51. The molecule has 9 nitrogen and oxygen atoms in total. The van der Waals surface area contributed by atoms with Crippen LogP contribution in [0.2, 0.25) is 0 Å². The highest BCUT2D eigenvalue weighted by Crippen LogP contribution is 2.50. The van der Waals surface area contributed by atoms with Crippen molar-refractivity contribution in [3.8, 4) is 28.4 Å². The fourth-order valence-corrected chi connectivity index (χ4v) is 7.20. The quantitative estimate of drug-likeness (QED) is 0.309. The summed E-state index contributed by atoms with van der Waals surface area (Å²) in [7, 11) is 4.71. The summed E-state index contributed by atoms with van der Waals surface area (Å²) in [6, 6.07) is 6.13. The van der Waals surface area contributed by atoms with Crippen LogP contribution in [0, 0.1) is 23.7 Å². The molecule has 0 radical (unpaired) electrons. The third-order valence-electron chi connectivity index (χ3n) is 9.22. The first kappa shape index (κ1) is 31.4. The molecule has 0 heterocycles. The minimum absolute atomic E-state index is 0.0992. The Hall–Kier alpha value is -4.01. The molecule has 2 bridgehead atoms. The molecule has 0 aromatic heterocycles. The van der Waals surface area contributed by atoms with E-state index >= 15 is 0 Å². The number of hydrogen-bond donors (Lipinski definition) is 3. The molecule has 3 aliphatic carbocycles. The maximum atomic E-state index is 13.8. The Labute approximate surface area is 259 Å². The largest absolute Gasteiger partial charge is 0.493 e. The number of rotatable bonds is 11. The molecule has 236 valence electrons. The van der Waals surface area contributed by atoms with Gasteiger partial charge in [-0.3, -0.25) is 14.4 Å². The first-order chi connectivity index (χ1) is 21.1. The second-order valence-corrected chi connectivity index (χ2v) is 12.7. The molecule has 2 aromatic rings. The number of fused-ring (bicyclic) bond motifs is 5. The Bertz CT molecular complexity index is 1500. The summed E-state index contributed by atoms with van der Waals surface area (Å²) in [5.74, 6) is 3.07. The zero-order valence-electron chi connectivity index (χ0n) is 26.6. The third-order valence-corrected chi connectivity index (χ3v) is 9.22. The SMILES string of the molecule is COc1cc2c(c(OC)c1OC)-c1ccc(N[C@@H](CC(C)C)C(=O)NCC3CC4C=CC3C4)c(=O)cc1[C@@H](NC(C)=O)CC2. The van der Waals surface area contributed by atoms with Crippen LogP contribution in [0.15, 0.2) is 41.2 Å². The first-order valence-electron chi connectivity index (χ1n) is 15.6. The van der Waals surface area contributed by atoms with Gasteiger partial charge in [0.05, 0.1) is 33.1 Å². The van der Waals surface area contributed by atoms with E-state index in [2.05, 4.69) is 41.9 Å². The Kier molecular flexibility index (Phi) is 9.51. The third kappa shape index (κ3) is 6.42. The summed E-state index contributed by atoms with van der Waals surface area (Å²) < 4.78 is 17.2. The van der Waals surface area contributed by atoms with E-state index < -0.39 is 12.1 Å². The van der Waals surface area contributed by atoms with Crippen molar-refractivity contribution < 1.29 is 23.8 Å². The maximum absolute atomic E-state index is 13.8. The van der Waals surface area contributed by atoms with Crippen LogP contribution in [-0.2, 0) is 16.0 Å². The fraction of sp³-hybridized carbons (Fsp3) is 0.514. The molecule has 44 heavy (non-hydrogen) atoms. The van der Waals surface area contributed by atoms with Gasteiger partial charge in [-0.1, -0.05) is 32.1 Å². The van der Waals surface area contributed by atoms with E-state index in [1.165, 1.54) is 13.3 Å². The van der Waals surface area contributed by atoms with Crippen LogP contribution in [0.1, 0.15) is 63.6 Å². The number of anilines is 1. The number of ether oxygens (including phenoxy) is 3. The molecule has 0 spiro atoms. The van der Waals surface area contributed by atoms with E-state index in [0.29, 0.717) is 72.1 Å². The van der Waals surface area contributed by atoms with Crippen LogP contribution in [0.25, 0.3) is 11.1 Å². The van der Waals surface area contributed by atoms with Crippen molar-refractivity contribution in [2.24, 2.45) is 23.7 Å². The number of aryl methyl sites for hydroxylation is 1. The van der Waals surface area contributed by atoms with E-state index in [9.17, 15) is 14.4 Å². The van der Waals surface area contributed by atoms with Crippen molar-refractivity contribution in [2.75, 3.05) is 33.2 Å².